The van der Waals surface area contributed by atoms with Crippen LogP contribution in [0.5, 0.6) is 5.75 Å². The van der Waals surface area contributed by atoms with Crippen molar-refractivity contribution in [2.45, 2.75) is 44.6 Å². The highest BCUT2D eigenvalue weighted by atomic mass is 79.9. The van der Waals surface area contributed by atoms with Crippen molar-refractivity contribution in [2.75, 3.05) is 13.7 Å². The summed E-state index contributed by atoms with van der Waals surface area (Å²) in [5.41, 5.74) is 0.723. The Morgan fingerprint density at radius 2 is 2.00 bits per heavy atom. The Morgan fingerprint density at radius 3 is 2.81 bits per heavy atom. The van der Waals surface area contributed by atoms with Crippen LogP contribution in [0, 0.1) is 5.92 Å². The van der Waals surface area contributed by atoms with Crippen LogP contribution in [0.2, 0.25) is 0 Å². The lowest BCUT2D eigenvalue weighted by atomic mass is 9.78. The highest BCUT2D eigenvalue weighted by molar-refractivity contribution is 9.10. The summed E-state index contributed by atoms with van der Waals surface area (Å²) < 4.78 is 6.12. The number of carbonyl (C=O) groups excluding carboxylic acids is 1. The summed E-state index contributed by atoms with van der Waals surface area (Å²) in [4.78, 5) is 15.1. The van der Waals surface area contributed by atoms with Gasteiger partial charge in [0.25, 0.3) is 5.91 Å². The van der Waals surface area contributed by atoms with Gasteiger partial charge >= 0.3 is 0 Å². The van der Waals surface area contributed by atoms with E-state index in [1.165, 1.54) is 25.7 Å². The Morgan fingerprint density at radius 1 is 1.24 bits per heavy atom. The zero-order chi connectivity index (χ0) is 14.8. The Balaban J connectivity index is 1.86. The molecule has 1 saturated carbocycles. The average molecular weight is 352 g/mol. The minimum atomic E-state index is 0.150. The molecule has 2 atom stereocenters. The number of rotatable bonds is 2. The van der Waals surface area contributed by atoms with E-state index in [1.54, 1.807) is 7.11 Å². The van der Waals surface area contributed by atoms with Crippen LogP contribution in [-0.4, -0.2) is 30.5 Å². The van der Waals surface area contributed by atoms with Gasteiger partial charge in [0.15, 0.2) is 0 Å². The predicted molar refractivity (Wildman–Crippen MR) is 86.7 cm³/mol. The number of amides is 1. The summed E-state index contributed by atoms with van der Waals surface area (Å²) >= 11 is 3.51. The third-order valence-electron chi connectivity index (χ3n) is 4.91. The lowest BCUT2D eigenvalue weighted by Crippen LogP contribution is -2.49. The van der Waals surface area contributed by atoms with Crippen LogP contribution in [0.1, 0.15) is 48.9 Å². The largest absolute Gasteiger partial charge is 0.497 e. The lowest BCUT2D eigenvalue weighted by molar-refractivity contribution is 0.0389. The Kier molecular flexibility index (Phi) is 4.53. The summed E-state index contributed by atoms with van der Waals surface area (Å²) in [6.45, 7) is 0.893. The molecule has 1 aliphatic heterocycles. The van der Waals surface area contributed by atoms with Gasteiger partial charge in [0, 0.05) is 17.1 Å². The third-order valence-corrected chi connectivity index (χ3v) is 5.60. The maximum atomic E-state index is 13.0. The van der Waals surface area contributed by atoms with Crippen LogP contribution in [0.15, 0.2) is 22.7 Å². The van der Waals surface area contributed by atoms with E-state index >= 15 is 0 Å². The van der Waals surface area contributed by atoms with Gasteiger partial charge in [-0.1, -0.05) is 12.8 Å². The molecular weight excluding hydrogens is 330 g/mol. The number of halogens is 1. The van der Waals surface area contributed by atoms with E-state index in [0.29, 0.717) is 12.0 Å². The van der Waals surface area contributed by atoms with Crippen molar-refractivity contribution in [2.24, 2.45) is 5.92 Å². The molecule has 1 aromatic carbocycles. The predicted octanol–water partition coefficient (Wildman–Crippen LogP) is 4.25. The van der Waals surface area contributed by atoms with Crippen molar-refractivity contribution >= 4 is 21.8 Å². The van der Waals surface area contributed by atoms with Gasteiger partial charge in [-0.2, -0.15) is 0 Å². The summed E-state index contributed by atoms with van der Waals surface area (Å²) in [5.74, 6) is 1.59. The third kappa shape index (κ3) is 2.96. The standard InChI is InChI=1S/C17H22BrNO2/c1-21-13-8-9-15(18)14(11-13)17(20)19-10-4-6-12-5-2-3-7-16(12)19/h8-9,11-12,16H,2-7,10H2,1H3. The fraction of sp³-hybridized carbons (Fsp3) is 0.588. The van der Waals surface area contributed by atoms with Gasteiger partial charge in [-0.05, 0) is 65.7 Å². The number of nitrogens with zero attached hydrogens (tertiary/aromatic N) is 1. The van der Waals surface area contributed by atoms with E-state index in [9.17, 15) is 4.79 Å². The van der Waals surface area contributed by atoms with Crippen LogP contribution in [-0.2, 0) is 0 Å². The molecule has 1 saturated heterocycles. The highest BCUT2D eigenvalue weighted by Gasteiger charge is 2.36. The lowest BCUT2D eigenvalue weighted by Gasteiger charge is -2.44. The van der Waals surface area contributed by atoms with Crippen molar-refractivity contribution < 1.29 is 9.53 Å². The van der Waals surface area contributed by atoms with Gasteiger partial charge in [-0.25, -0.2) is 0 Å². The van der Waals surface area contributed by atoms with Gasteiger partial charge in [-0.15, -0.1) is 0 Å². The molecule has 1 aromatic rings. The molecule has 3 nitrogen and oxygen atoms in total. The molecule has 2 fully saturated rings. The second-order valence-electron chi connectivity index (χ2n) is 6.10. The molecular formula is C17H22BrNO2. The number of hydrogen-bond donors (Lipinski definition) is 0. The average Bonchev–Trinajstić information content (AvgIpc) is 2.54. The smallest absolute Gasteiger partial charge is 0.255 e. The van der Waals surface area contributed by atoms with E-state index in [-0.39, 0.29) is 5.91 Å². The van der Waals surface area contributed by atoms with Crippen molar-refractivity contribution in [1.29, 1.82) is 0 Å². The zero-order valence-corrected chi connectivity index (χ0v) is 14.1. The maximum absolute atomic E-state index is 13.0. The Hall–Kier alpha value is -1.03. The monoisotopic (exact) mass is 351 g/mol. The molecule has 114 valence electrons. The number of carbonyl (C=O) groups is 1. The molecule has 3 rings (SSSR count). The SMILES string of the molecule is COc1ccc(Br)c(C(=O)N2CCCC3CCCCC32)c1. The van der Waals surface area contributed by atoms with Gasteiger partial charge in [-0.3, -0.25) is 4.79 Å². The molecule has 2 aliphatic rings. The van der Waals surface area contributed by atoms with Crippen molar-refractivity contribution in [3.8, 4) is 5.75 Å². The van der Waals surface area contributed by atoms with Crippen LogP contribution >= 0.6 is 15.9 Å². The Labute approximate surface area is 134 Å². The number of hydrogen-bond acceptors (Lipinski definition) is 2. The van der Waals surface area contributed by atoms with Crippen LogP contribution in [0.4, 0.5) is 0 Å². The molecule has 0 N–H and O–H groups in total. The molecule has 1 heterocycles. The first-order valence-electron chi connectivity index (χ1n) is 7.85. The molecule has 0 radical (unpaired) electrons. The summed E-state index contributed by atoms with van der Waals surface area (Å²) in [6.07, 6.45) is 7.45. The first kappa shape index (κ1) is 14.9. The van der Waals surface area contributed by atoms with E-state index in [0.717, 1.165) is 35.2 Å². The van der Waals surface area contributed by atoms with Crippen LogP contribution < -0.4 is 4.74 Å². The van der Waals surface area contributed by atoms with E-state index < -0.39 is 0 Å². The number of methoxy groups -OCH3 is 1. The second-order valence-corrected chi connectivity index (χ2v) is 6.95. The van der Waals surface area contributed by atoms with E-state index in [4.69, 9.17) is 4.74 Å². The molecule has 4 heteroatoms. The van der Waals surface area contributed by atoms with E-state index in [1.807, 2.05) is 18.2 Å². The number of piperidine rings is 1. The van der Waals surface area contributed by atoms with Gasteiger partial charge < -0.3 is 9.64 Å². The zero-order valence-electron chi connectivity index (χ0n) is 12.5. The number of fused-ring (bicyclic) bond motifs is 1. The molecule has 0 bridgehead atoms. The molecule has 0 aromatic heterocycles. The Bertz CT molecular complexity index is 530. The highest BCUT2D eigenvalue weighted by Crippen LogP contribution is 2.36. The van der Waals surface area contributed by atoms with E-state index in [2.05, 4.69) is 20.8 Å². The minimum absolute atomic E-state index is 0.150. The van der Waals surface area contributed by atoms with Crippen LogP contribution in [0.25, 0.3) is 0 Å². The maximum Gasteiger partial charge on any atom is 0.255 e. The van der Waals surface area contributed by atoms with Gasteiger partial charge in [0.1, 0.15) is 5.75 Å². The fourth-order valence-corrected chi connectivity index (χ4v) is 4.24. The number of benzene rings is 1. The quantitative estimate of drug-likeness (QED) is 0.796. The van der Waals surface area contributed by atoms with Crippen molar-refractivity contribution in [3.63, 3.8) is 0 Å². The first-order chi connectivity index (χ1) is 10.2. The molecule has 1 aliphatic carbocycles. The molecule has 1 amide bonds. The van der Waals surface area contributed by atoms with Crippen molar-refractivity contribution in [1.82, 2.24) is 4.90 Å². The molecule has 2 unspecified atom stereocenters. The molecule has 0 spiro atoms. The number of ether oxygens (including phenoxy) is 1. The summed E-state index contributed by atoms with van der Waals surface area (Å²) in [7, 11) is 1.63. The second kappa shape index (κ2) is 6.39. The normalized spacial score (nSPS) is 25.3. The topological polar surface area (TPSA) is 29.5 Å². The van der Waals surface area contributed by atoms with Crippen molar-refractivity contribution in [3.05, 3.63) is 28.2 Å². The summed E-state index contributed by atoms with van der Waals surface area (Å²) in [6, 6.07) is 6.06. The van der Waals surface area contributed by atoms with Gasteiger partial charge in [0.05, 0.1) is 12.7 Å². The minimum Gasteiger partial charge on any atom is -0.497 e. The fourth-order valence-electron chi connectivity index (χ4n) is 3.83. The summed E-state index contributed by atoms with van der Waals surface area (Å²) in [5, 5.41) is 0. The van der Waals surface area contributed by atoms with Gasteiger partial charge in [0.2, 0.25) is 0 Å². The van der Waals surface area contributed by atoms with Crippen LogP contribution in [0.3, 0.4) is 0 Å². The first-order valence-corrected chi connectivity index (χ1v) is 8.64. The number of likely N-dealkylation sites (tertiary alicyclic amines) is 1. The molecule has 21 heavy (non-hydrogen) atoms.